The molecule has 0 aromatic carbocycles. The van der Waals surface area contributed by atoms with Gasteiger partial charge in [0.1, 0.15) is 0 Å². The summed E-state index contributed by atoms with van der Waals surface area (Å²) >= 11 is 0. The first-order valence-electron chi connectivity index (χ1n) is 12.2. The molecule has 176 valence electrons. The highest BCUT2D eigenvalue weighted by atomic mass is 16.2. The molecule has 0 saturated carbocycles. The van der Waals surface area contributed by atoms with E-state index in [4.69, 9.17) is 0 Å². The lowest BCUT2D eigenvalue weighted by Crippen LogP contribution is -2.58. The van der Waals surface area contributed by atoms with Crippen LogP contribution in [0, 0.1) is 0 Å². The molecule has 0 aliphatic carbocycles. The lowest BCUT2D eigenvalue weighted by Gasteiger charge is -2.43. The first-order chi connectivity index (χ1) is 14.6. The molecule has 1 heterocycles. The molecule has 0 aromatic rings. The van der Waals surface area contributed by atoms with Crippen LogP contribution in [0.2, 0.25) is 0 Å². The van der Waals surface area contributed by atoms with Crippen molar-refractivity contribution < 1.29 is 4.79 Å². The van der Waals surface area contributed by atoms with Crippen LogP contribution in [0.4, 0.5) is 0 Å². The van der Waals surface area contributed by atoms with Crippen molar-refractivity contribution in [1.29, 1.82) is 0 Å². The highest BCUT2D eigenvalue weighted by Crippen LogP contribution is 2.17. The summed E-state index contributed by atoms with van der Waals surface area (Å²) in [6.45, 7) is 20.0. The Labute approximate surface area is 193 Å². The fourth-order valence-electron chi connectivity index (χ4n) is 4.47. The standard InChI is InChI=1S/C28H48N2O/c1-22(2)12-9-13-23(3)14-10-15-24(4)16-11-17-25(5)18-19-29-20-26(6)30(28(8)31)27(7)21-29/h12,14,16,18,26-27H,9-11,13,15,17,19-21H2,1-8H3/b23-14+,24-16+,25-18+. The van der Waals surface area contributed by atoms with E-state index in [1.165, 1.54) is 35.1 Å². The van der Waals surface area contributed by atoms with Crippen molar-refractivity contribution in [3.63, 3.8) is 0 Å². The smallest absolute Gasteiger partial charge is 0.220 e. The molecular weight excluding hydrogens is 380 g/mol. The van der Waals surface area contributed by atoms with Gasteiger partial charge in [0, 0.05) is 38.6 Å². The van der Waals surface area contributed by atoms with Crippen LogP contribution >= 0.6 is 0 Å². The Bertz CT molecular complexity index is 667. The van der Waals surface area contributed by atoms with Crippen LogP contribution in [0.1, 0.15) is 93.9 Å². The average Bonchev–Trinajstić information content (AvgIpc) is 2.65. The van der Waals surface area contributed by atoms with E-state index in [9.17, 15) is 4.79 Å². The predicted octanol–water partition coefficient (Wildman–Crippen LogP) is 7.07. The lowest BCUT2D eigenvalue weighted by atomic mass is 10.0. The fourth-order valence-corrected chi connectivity index (χ4v) is 4.47. The summed E-state index contributed by atoms with van der Waals surface area (Å²) in [6.07, 6.45) is 16.5. The molecule has 2 atom stereocenters. The summed E-state index contributed by atoms with van der Waals surface area (Å²) in [7, 11) is 0. The molecule has 0 radical (unpaired) electrons. The number of nitrogens with zero attached hydrogens (tertiary/aromatic N) is 2. The molecule has 1 saturated heterocycles. The molecular formula is C28H48N2O. The monoisotopic (exact) mass is 428 g/mol. The van der Waals surface area contributed by atoms with Gasteiger partial charge in [-0.25, -0.2) is 0 Å². The van der Waals surface area contributed by atoms with Crippen molar-refractivity contribution in [3.05, 3.63) is 46.6 Å². The topological polar surface area (TPSA) is 23.6 Å². The molecule has 0 N–H and O–H groups in total. The zero-order valence-electron chi connectivity index (χ0n) is 21.6. The van der Waals surface area contributed by atoms with Gasteiger partial charge >= 0.3 is 0 Å². The zero-order valence-corrected chi connectivity index (χ0v) is 21.6. The van der Waals surface area contributed by atoms with E-state index in [0.717, 1.165) is 45.3 Å². The van der Waals surface area contributed by atoms with Gasteiger partial charge in [-0.05, 0) is 87.0 Å². The average molecular weight is 429 g/mol. The first-order valence-corrected chi connectivity index (χ1v) is 12.2. The summed E-state index contributed by atoms with van der Waals surface area (Å²) in [6, 6.07) is 0.593. The Morgan fingerprint density at radius 1 is 0.710 bits per heavy atom. The van der Waals surface area contributed by atoms with Crippen molar-refractivity contribution >= 4 is 5.91 Å². The minimum absolute atomic E-state index is 0.197. The highest BCUT2D eigenvalue weighted by molar-refractivity contribution is 5.74. The number of hydrogen-bond acceptors (Lipinski definition) is 2. The number of amides is 1. The molecule has 0 bridgehead atoms. The first kappa shape index (κ1) is 27.4. The normalized spacial score (nSPS) is 21.4. The Kier molecular flexibility index (Phi) is 12.8. The Morgan fingerprint density at radius 2 is 1.13 bits per heavy atom. The Balaban J connectivity index is 2.32. The molecule has 0 aromatic heterocycles. The largest absolute Gasteiger partial charge is 0.335 e. The minimum atomic E-state index is 0.197. The van der Waals surface area contributed by atoms with Crippen molar-refractivity contribution in [2.24, 2.45) is 0 Å². The molecule has 1 amide bonds. The maximum absolute atomic E-state index is 11.8. The number of carbonyl (C=O) groups excluding carboxylic acids is 1. The van der Waals surface area contributed by atoms with E-state index in [-0.39, 0.29) is 5.91 Å². The zero-order chi connectivity index (χ0) is 23.4. The fraction of sp³-hybridized carbons (Fsp3) is 0.679. The molecule has 3 nitrogen and oxygen atoms in total. The molecule has 1 rings (SSSR count). The highest BCUT2D eigenvalue weighted by Gasteiger charge is 2.30. The second-order valence-electron chi connectivity index (χ2n) is 9.89. The van der Waals surface area contributed by atoms with Gasteiger partial charge in [0.15, 0.2) is 0 Å². The SMILES string of the molecule is CC(=O)N1C(C)CN(C/C=C(\C)CC/C=C(\C)CC/C=C(\C)CCC=C(C)C)CC1C. The molecule has 1 fully saturated rings. The Morgan fingerprint density at radius 3 is 1.55 bits per heavy atom. The Hall–Kier alpha value is -1.61. The van der Waals surface area contributed by atoms with Crippen LogP contribution in [0.5, 0.6) is 0 Å². The maximum atomic E-state index is 11.8. The molecule has 1 aliphatic heterocycles. The number of rotatable bonds is 11. The minimum Gasteiger partial charge on any atom is -0.335 e. The summed E-state index contributed by atoms with van der Waals surface area (Å²) in [5.74, 6) is 0.197. The van der Waals surface area contributed by atoms with Crippen LogP contribution in [0.15, 0.2) is 46.6 Å². The number of carbonyl (C=O) groups is 1. The second kappa shape index (κ2) is 14.5. The second-order valence-corrected chi connectivity index (χ2v) is 9.89. The van der Waals surface area contributed by atoms with Crippen molar-refractivity contribution in [2.75, 3.05) is 19.6 Å². The summed E-state index contributed by atoms with van der Waals surface area (Å²) in [5.41, 5.74) is 5.89. The van der Waals surface area contributed by atoms with Gasteiger partial charge in [-0.15, -0.1) is 0 Å². The molecule has 2 unspecified atom stereocenters. The van der Waals surface area contributed by atoms with E-state index in [1.54, 1.807) is 6.92 Å². The number of allylic oxidation sites excluding steroid dienone is 7. The van der Waals surface area contributed by atoms with Gasteiger partial charge in [0.2, 0.25) is 5.91 Å². The quantitative estimate of drug-likeness (QED) is 0.328. The van der Waals surface area contributed by atoms with Crippen molar-refractivity contribution in [3.8, 4) is 0 Å². The van der Waals surface area contributed by atoms with Crippen LogP contribution in [0.3, 0.4) is 0 Å². The predicted molar refractivity (Wildman–Crippen MR) is 136 cm³/mol. The van der Waals surface area contributed by atoms with E-state index in [1.807, 2.05) is 4.90 Å². The van der Waals surface area contributed by atoms with Gasteiger partial charge in [-0.2, -0.15) is 0 Å². The molecule has 0 spiro atoms. The van der Waals surface area contributed by atoms with Gasteiger partial charge in [0.05, 0.1) is 0 Å². The molecule has 31 heavy (non-hydrogen) atoms. The van der Waals surface area contributed by atoms with Crippen LogP contribution in [0.25, 0.3) is 0 Å². The number of piperazine rings is 1. The van der Waals surface area contributed by atoms with Crippen LogP contribution < -0.4 is 0 Å². The summed E-state index contributed by atoms with van der Waals surface area (Å²) < 4.78 is 0. The van der Waals surface area contributed by atoms with Gasteiger partial charge < -0.3 is 4.90 Å². The van der Waals surface area contributed by atoms with Crippen molar-refractivity contribution in [2.45, 2.75) is 106 Å². The third-order valence-corrected chi connectivity index (χ3v) is 6.21. The van der Waals surface area contributed by atoms with Gasteiger partial charge in [-0.3, -0.25) is 9.69 Å². The van der Waals surface area contributed by atoms with Crippen LogP contribution in [-0.4, -0.2) is 47.4 Å². The third-order valence-electron chi connectivity index (χ3n) is 6.21. The lowest BCUT2D eigenvalue weighted by molar-refractivity contribution is -0.136. The molecule has 1 aliphatic rings. The van der Waals surface area contributed by atoms with E-state index in [0.29, 0.717) is 12.1 Å². The summed E-state index contributed by atoms with van der Waals surface area (Å²) in [4.78, 5) is 16.3. The summed E-state index contributed by atoms with van der Waals surface area (Å²) in [5, 5.41) is 0. The third kappa shape index (κ3) is 11.5. The van der Waals surface area contributed by atoms with Crippen LogP contribution in [-0.2, 0) is 4.79 Å². The maximum Gasteiger partial charge on any atom is 0.220 e. The van der Waals surface area contributed by atoms with Gasteiger partial charge in [-0.1, -0.05) is 46.6 Å². The number of hydrogen-bond donors (Lipinski definition) is 0. The van der Waals surface area contributed by atoms with Crippen molar-refractivity contribution in [1.82, 2.24) is 9.80 Å². The van der Waals surface area contributed by atoms with Gasteiger partial charge in [0.25, 0.3) is 0 Å². The van der Waals surface area contributed by atoms with E-state index in [2.05, 4.69) is 77.7 Å². The van der Waals surface area contributed by atoms with E-state index < -0.39 is 0 Å². The van der Waals surface area contributed by atoms with E-state index >= 15 is 0 Å². The molecule has 3 heteroatoms.